The van der Waals surface area contributed by atoms with Gasteiger partial charge in [-0.1, -0.05) is 0 Å². The maximum Gasteiger partial charge on any atom is 0.305 e. The van der Waals surface area contributed by atoms with Crippen LogP contribution in [0.2, 0.25) is 0 Å². The second kappa shape index (κ2) is 5.93. The van der Waals surface area contributed by atoms with Crippen molar-refractivity contribution in [2.75, 3.05) is 13.1 Å². The molecule has 0 aliphatic heterocycles. The monoisotopic (exact) mass is 240 g/mol. The lowest BCUT2D eigenvalue weighted by Gasteiger charge is -2.19. The Hall–Kier alpha value is -1.98. The van der Waals surface area contributed by atoms with Crippen molar-refractivity contribution in [3.8, 4) is 0 Å². The minimum atomic E-state index is -0.978. The molecule has 0 saturated carbocycles. The van der Waals surface area contributed by atoms with E-state index in [0.29, 0.717) is 6.54 Å². The maximum absolute atomic E-state index is 12.9. The normalized spacial score (nSPS) is 10.0. The number of amides is 1. The van der Waals surface area contributed by atoms with Gasteiger partial charge in [-0.2, -0.15) is 0 Å². The highest BCUT2D eigenvalue weighted by Gasteiger charge is 2.15. The Kier molecular flexibility index (Phi) is 4.56. The lowest BCUT2D eigenvalue weighted by atomic mass is 10.2. The number of aromatic nitrogens is 1. The van der Waals surface area contributed by atoms with Gasteiger partial charge in [0, 0.05) is 19.3 Å². The Morgan fingerprint density at radius 3 is 2.71 bits per heavy atom. The molecular formula is C11H13FN2O3. The van der Waals surface area contributed by atoms with Gasteiger partial charge in [0.05, 0.1) is 18.2 Å². The van der Waals surface area contributed by atoms with Crippen LogP contribution < -0.4 is 0 Å². The Bertz CT molecular complexity index is 423. The number of aliphatic carboxylic acids is 1. The second-order valence-corrected chi connectivity index (χ2v) is 3.42. The number of halogens is 1. The van der Waals surface area contributed by atoms with Crippen molar-refractivity contribution in [1.29, 1.82) is 0 Å². The van der Waals surface area contributed by atoms with Gasteiger partial charge in [0.15, 0.2) is 0 Å². The standard InChI is InChI=1S/C11H13FN2O3/c1-2-14(4-3-10(15)16)11(17)8-5-9(12)7-13-6-8/h5-7H,2-4H2,1H3,(H,15,16). The first-order valence-corrected chi connectivity index (χ1v) is 5.16. The zero-order chi connectivity index (χ0) is 12.8. The molecule has 0 saturated heterocycles. The van der Waals surface area contributed by atoms with E-state index in [9.17, 15) is 14.0 Å². The van der Waals surface area contributed by atoms with Crippen LogP contribution in [0.3, 0.4) is 0 Å². The first kappa shape index (κ1) is 13.1. The summed E-state index contributed by atoms with van der Waals surface area (Å²) < 4.78 is 12.9. The Morgan fingerprint density at radius 2 is 2.18 bits per heavy atom. The smallest absolute Gasteiger partial charge is 0.305 e. The quantitative estimate of drug-likeness (QED) is 0.838. The van der Waals surface area contributed by atoms with Crippen molar-refractivity contribution < 1.29 is 19.1 Å². The van der Waals surface area contributed by atoms with Gasteiger partial charge >= 0.3 is 5.97 Å². The maximum atomic E-state index is 12.9. The highest BCUT2D eigenvalue weighted by molar-refractivity contribution is 5.94. The molecule has 17 heavy (non-hydrogen) atoms. The van der Waals surface area contributed by atoms with E-state index in [2.05, 4.69) is 4.98 Å². The lowest BCUT2D eigenvalue weighted by molar-refractivity contribution is -0.137. The first-order chi connectivity index (χ1) is 8.04. The summed E-state index contributed by atoms with van der Waals surface area (Å²) in [5, 5.41) is 8.54. The van der Waals surface area contributed by atoms with E-state index in [4.69, 9.17) is 5.11 Å². The van der Waals surface area contributed by atoms with E-state index in [0.717, 1.165) is 12.3 Å². The van der Waals surface area contributed by atoms with Crippen LogP contribution in [0, 0.1) is 5.82 Å². The van der Waals surface area contributed by atoms with Gasteiger partial charge in [0.2, 0.25) is 0 Å². The molecule has 1 rings (SSSR count). The molecule has 0 aliphatic carbocycles. The third-order valence-corrected chi connectivity index (χ3v) is 2.22. The molecule has 0 spiro atoms. The van der Waals surface area contributed by atoms with Gasteiger partial charge in [0.1, 0.15) is 5.82 Å². The molecule has 0 aliphatic rings. The van der Waals surface area contributed by atoms with Crippen LogP contribution in [0.1, 0.15) is 23.7 Å². The van der Waals surface area contributed by atoms with Crippen LogP contribution in [0.25, 0.3) is 0 Å². The molecule has 1 amide bonds. The molecule has 6 heteroatoms. The third kappa shape index (κ3) is 3.82. The molecule has 0 bridgehead atoms. The molecule has 0 fully saturated rings. The number of hydrogen-bond donors (Lipinski definition) is 1. The molecular weight excluding hydrogens is 227 g/mol. The van der Waals surface area contributed by atoms with E-state index in [1.54, 1.807) is 6.92 Å². The van der Waals surface area contributed by atoms with Crippen molar-refractivity contribution in [3.63, 3.8) is 0 Å². The molecule has 1 aromatic rings. The van der Waals surface area contributed by atoms with E-state index in [1.165, 1.54) is 11.1 Å². The first-order valence-electron chi connectivity index (χ1n) is 5.16. The zero-order valence-corrected chi connectivity index (χ0v) is 9.39. The highest BCUT2D eigenvalue weighted by Crippen LogP contribution is 2.06. The fourth-order valence-corrected chi connectivity index (χ4v) is 1.35. The average Bonchev–Trinajstić information content (AvgIpc) is 2.29. The van der Waals surface area contributed by atoms with Crippen LogP contribution in [-0.2, 0) is 4.79 Å². The number of carbonyl (C=O) groups is 2. The Labute approximate surface area is 97.9 Å². The number of rotatable bonds is 5. The fourth-order valence-electron chi connectivity index (χ4n) is 1.35. The molecule has 0 radical (unpaired) electrons. The van der Waals surface area contributed by atoms with Crippen molar-refractivity contribution >= 4 is 11.9 Å². The second-order valence-electron chi connectivity index (χ2n) is 3.42. The largest absolute Gasteiger partial charge is 0.481 e. The predicted octanol–water partition coefficient (Wildman–Crippen LogP) is 1.16. The van der Waals surface area contributed by atoms with Crippen molar-refractivity contribution in [3.05, 3.63) is 29.8 Å². The van der Waals surface area contributed by atoms with Gasteiger partial charge in [-0.05, 0) is 13.0 Å². The van der Waals surface area contributed by atoms with E-state index >= 15 is 0 Å². The molecule has 0 aromatic carbocycles. The summed E-state index contributed by atoms with van der Waals surface area (Å²) in [7, 11) is 0. The number of carboxylic acids is 1. The summed E-state index contributed by atoms with van der Waals surface area (Å²) in [6, 6.07) is 1.08. The zero-order valence-electron chi connectivity index (χ0n) is 9.39. The minimum Gasteiger partial charge on any atom is -0.481 e. The van der Waals surface area contributed by atoms with Crippen LogP contribution in [0.5, 0.6) is 0 Å². The number of carbonyl (C=O) groups excluding carboxylic acids is 1. The Morgan fingerprint density at radius 1 is 1.47 bits per heavy atom. The van der Waals surface area contributed by atoms with Gasteiger partial charge in [0.25, 0.3) is 5.91 Å². The van der Waals surface area contributed by atoms with Gasteiger partial charge in [-0.25, -0.2) is 4.39 Å². The summed E-state index contributed by atoms with van der Waals surface area (Å²) in [4.78, 5) is 27.2. The number of carboxylic acid groups (broad SMARTS) is 1. The summed E-state index contributed by atoms with van der Waals surface area (Å²) in [6.45, 7) is 2.19. The van der Waals surface area contributed by atoms with Crippen molar-refractivity contribution in [2.45, 2.75) is 13.3 Å². The van der Waals surface area contributed by atoms with Crippen molar-refractivity contribution in [1.82, 2.24) is 9.88 Å². The summed E-state index contributed by atoms with van der Waals surface area (Å²) >= 11 is 0. The molecule has 5 nitrogen and oxygen atoms in total. The fraction of sp³-hybridized carbons (Fsp3) is 0.364. The van der Waals surface area contributed by atoms with E-state index in [-0.39, 0.29) is 18.5 Å². The summed E-state index contributed by atoms with van der Waals surface area (Å²) in [6.07, 6.45) is 2.13. The van der Waals surface area contributed by atoms with Gasteiger partial charge < -0.3 is 10.0 Å². The third-order valence-electron chi connectivity index (χ3n) is 2.22. The van der Waals surface area contributed by atoms with Gasteiger partial charge in [-0.15, -0.1) is 0 Å². The van der Waals surface area contributed by atoms with E-state index in [1.807, 2.05) is 0 Å². The molecule has 1 aromatic heterocycles. The van der Waals surface area contributed by atoms with E-state index < -0.39 is 17.7 Å². The van der Waals surface area contributed by atoms with Crippen LogP contribution in [0.4, 0.5) is 4.39 Å². The molecule has 0 atom stereocenters. The number of nitrogens with zero attached hydrogens (tertiary/aromatic N) is 2. The average molecular weight is 240 g/mol. The van der Waals surface area contributed by atoms with Gasteiger partial charge in [-0.3, -0.25) is 14.6 Å². The number of hydrogen-bond acceptors (Lipinski definition) is 3. The van der Waals surface area contributed by atoms with Crippen molar-refractivity contribution in [2.24, 2.45) is 0 Å². The summed E-state index contributed by atoms with van der Waals surface area (Å²) in [5.41, 5.74) is 0.122. The molecule has 92 valence electrons. The molecule has 1 N–H and O–H groups in total. The van der Waals surface area contributed by atoms with Crippen LogP contribution >= 0.6 is 0 Å². The topological polar surface area (TPSA) is 70.5 Å². The molecule has 0 unspecified atom stereocenters. The molecule has 1 heterocycles. The Balaban J connectivity index is 2.75. The lowest BCUT2D eigenvalue weighted by Crippen LogP contribution is -2.33. The number of pyridine rings is 1. The van der Waals surface area contributed by atoms with Crippen LogP contribution in [-0.4, -0.2) is 40.0 Å². The highest BCUT2D eigenvalue weighted by atomic mass is 19.1. The van der Waals surface area contributed by atoms with Crippen LogP contribution in [0.15, 0.2) is 18.5 Å². The SMILES string of the molecule is CCN(CCC(=O)O)C(=O)c1cncc(F)c1. The summed E-state index contributed by atoms with van der Waals surface area (Å²) in [5.74, 6) is -1.99. The predicted molar refractivity (Wildman–Crippen MR) is 58.0 cm³/mol. The minimum absolute atomic E-state index is 0.0984.